The highest BCUT2D eigenvalue weighted by atomic mass is 35.5. The first-order valence-corrected chi connectivity index (χ1v) is 9.72. The molecule has 0 spiro atoms. The third-order valence-electron chi connectivity index (χ3n) is 3.85. The summed E-state index contributed by atoms with van der Waals surface area (Å²) in [6.07, 6.45) is 0.974. The van der Waals surface area contributed by atoms with Crippen molar-refractivity contribution in [2.45, 2.75) is 31.6 Å². The molecule has 2 rings (SSSR count). The number of aryl methyl sites for hydroxylation is 1. The van der Waals surface area contributed by atoms with Gasteiger partial charge in [-0.25, -0.2) is 0 Å². The summed E-state index contributed by atoms with van der Waals surface area (Å²) in [7, 11) is 0. The van der Waals surface area contributed by atoms with Crippen LogP contribution < -0.4 is 5.32 Å². The minimum Gasteiger partial charge on any atom is -0.456 e. The number of hydrogen-bond acceptors (Lipinski definition) is 4. The van der Waals surface area contributed by atoms with Gasteiger partial charge in [0.05, 0.1) is 0 Å². The minimum absolute atomic E-state index is 0.267. The fourth-order valence-corrected chi connectivity index (χ4v) is 3.21. The maximum Gasteiger partial charge on any atom is 0.306 e. The second-order valence-corrected chi connectivity index (χ2v) is 7.47. The summed E-state index contributed by atoms with van der Waals surface area (Å²) in [6, 6.07) is 13.3. The van der Waals surface area contributed by atoms with Crippen molar-refractivity contribution in [2.24, 2.45) is 0 Å². The van der Waals surface area contributed by atoms with Crippen molar-refractivity contribution in [3.63, 3.8) is 0 Å². The molecule has 0 aromatic heterocycles. The zero-order valence-corrected chi connectivity index (χ0v) is 16.5. The zero-order chi connectivity index (χ0) is 18.9. The molecule has 0 radical (unpaired) electrons. The van der Waals surface area contributed by atoms with E-state index in [4.69, 9.17) is 16.3 Å². The molecule has 2 aromatic rings. The number of nitrogens with one attached hydrogen (secondary N) is 1. The molecule has 0 aliphatic carbocycles. The highest BCUT2D eigenvalue weighted by Gasteiger charge is 2.09. The Kier molecular flexibility index (Phi) is 8.01. The van der Waals surface area contributed by atoms with Gasteiger partial charge in [-0.05, 0) is 67.5 Å². The van der Waals surface area contributed by atoms with E-state index in [-0.39, 0.29) is 24.9 Å². The van der Waals surface area contributed by atoms with Gasteiger partial charge >= 0.3 is 5.97 Å². The van der Waals surface area contributed by atoms with Gasteiger partial charge < -0.3 is 10.1 Å². The van der Waals surface area contributed by atoms with Crippen molar-refractivity contribution in [3.8, 4) is 0 Å². The van der Waals surface area contributed by atoms with E-state index < -0.39 is 0 Å². The van der Waals surface area contributed by atoms with Gasteiger partial charge in [0, 0.05) is 22.0 Å². The highest BCUT2D eigenvalue weighted by Crippen LogP contribution is 2.21. The first kappa shape index (κ1) is 20.3. The predicted octanol–water partition coefficient (Wildman–Crippen LogP) is 5.01. The van der Waals surface area contributed by atoms with Crippen molar-refractivity contribution in [1.82, 2.24) is 0 Å². The fourth-order valence-electron chi connectivity index (χ4n) is 2.23. The fraction of sp³-hybridized carbons (Fsp3) is 0.300. The number of ether oxygens (including phenoxy) is 1. The van der Waals surface area contributed by atoms with Crippen molar-refractivity contribution in [3.05, 3.63) is 58.6 Å². The quantitative estimate of drug-likeness (QED) is 0.390. The number of benzene rings is 2. The highest BCUT2D eigenvalue weighted by molar-refractivity contribution is 7.99. The van der Waals surface area contributed by atoms with Crippen LogP contribution in [0.1, 0.15) is 24.0 Å². The lowest BCUT2D eigenvalue weighted by atomic mass is 10.1. The second kappa shape index (κ2) is 10.2. The Balaban J connectivity index is 1.64. The first-order chi connectivity index (χ1) is 12.5. The van der Waals surface area contributed by atoms with E-state index in [0.29, 0.717) is 11.4 Å². The molecule has 4 nitrogen and oxygen atoms in total. The lowest BCUT2D eigenvalue weighted by Crippen LogP contribution is -2.21. The van der Waals surface area contributed by atoms with E-state index in [1.54, 1.807) is 11.8 Å². The first-order valence-electron chi connectivity index (χ1n) is 8.36. The molecular weight excluding hydrogens is 370 g/mol. The van der Waals surface area contributed by atoms with E-state index in [0.717, 1.165) is 27.5 Å². The van der Waals surface area contributed by atoms with Crippen LogP contribution in [0.4, 0.5) is 5.69 Å². The van der Waals surface area contributed by atoms with Crippen LogP contribution in [0.25, 0.3) is 0 Å². The van der Waals surface area contributed by atoms with Crippen molar-refractivity contribution < 1.29 is 14.3 Å². The third-order valence-corrected chi connectivity index (χ3v) is 5.20. The molecule has 1 N–H and O–H groups in total. The number of halogens is 1. The number of carbonyl (C=O) groups is 2. The topological polar surface area (TPSA) is 55.4 Å². The summed E-state index contributed by atoms with van der Waals surface area (Å²) in [6.45, 7) is 3.65. The number of rotatable bonds is 8. The average molecular weight is 392 g/mol. The van der Waals surface area contributed by atoms with Crippen LogP contribution in [0.2, 0.25) is 5.02 Å². The zero-order valence-electron chi connectivity index (χ0n) is 14.9. The largest absolute Gasteiger partial charge is 0.456 e. The van der Waals surface area contributed by atoms with Gasteiger partial charge in [0.2, 0.25) is 0 Å². The third kappa shape index (κ3) is 6.73. The van der Waals surface area contributed by atoms with Crippen LogP contribution in [0.15, 0.2) is 47.4 Å². The normalized spacial score (nSPS) is 10.4. The van der Waals surface area contributed by atoms with Crippen LogP contribution in [0.5, 0.6) is 0 Å². The molecule has 0 aliphatic rings. The molecule has 0 heterocycles. The molecule has 0 saturated heterocycles. The number of esters is 1. The monoisotopic (exact) mass is 391 g/mol. The van der Waals surface area contributed by atoms with Gasteiger partial charge in [-0.15, -0.1) is 11.8 Å². The molecular formula is C20H22ClNO3S. The Hall–Kier alpha value is -1.98. The van der Waals surface area contributed by atoms with E-state index in [1.165, 1.54) is 0 Å². The maximum absolute atomic E-state index is 11.9. The van der Waals surface area contributed by atoms with Gasteiger partial charge in [0.1, 0.15) is 0 Å². The molecule has 2 aromatic carbocycles. The molecule has 0 aliphatic heterocycles. The summed E-state index contributed by atoms with van der Waals surface area (Å²) >= 11 is 7.49. The molecule has 0 fully saturated rings. The van der Waals surface area contributed by atoms with Gasteiger partial charge in [-0.2, -0.15) is 0 Å². The minimum atomic E-state index is -0.363. The van der Waals surface area contributed by atoms with E-state index in [1.807, 2.05) is 56.3 Å². The summed E-state index contributed by atoms with van der Waals surface area (Å²) < 4.78 is 5.04. The Morgan fingerprint density at radius 3 is 2.58 bits per heavy atom. The predicted molar refractivity (Wildman–Crippen MR) is 107 cm³/mol. The number of anilines is 1. The Bertz CT molecular complexity index is 762. The van der Waals surface area contributed by atoms with Gasteiger partial charge in [0.25, 0.3) is 5.91 Å². The van der Waals surface area contributed by atoms with Gasteiger partial charge in [-0.3, -0.25) is 9.59 Å². The SMILES string of the molecule is Cc1cccc(NC(=O)COC(=O)CCCSc2ccc(Cl)cc2)c1C. The molecule has 6 heteroatoms. The van der Waals surface area contributed by atoms with Crippen LogP contribution in [-0.4, -0.2) is 24.2 Å². The Labute approximate surface area is 163 Å². The number of amides is 1. The number of hydrogen-bond donors (Lipinski definition) is 1. The van der Waals surface area contributed by atoms with Crippen LogP contribution in [0, 0.1) is 13.8 Å². The number of carbonyl (C=O) groups excluding carboxylic acids is 2. The van der Waals surface area contributed by atoms with Crippen LogP contribution in [0.3, 0.4) is 0 Å². The second-order valence-electron chi connectivity index (χ2n) is 5.86. The molecule has 0 saturated carbocycles. The van der Waals surface area contributed by atoms with E-state index in [9.17, 15) is 9.59 Å². The molecule has 0 unspecified atom stereocenters. The van der Waals surface area contributed by atoms with Gasteiger partial charge in [0.15, 0.2) is 6.61 Å². The van der Waals surface area contributed by atoms with Crippen LogP contribution >= 0.6 is 23.4 Å². The molecule has 26 heavy (non-hydrogen) atoms. The molecule has 0 atom stereocenters. The summed E-state index contributed by atoms with van der Waals surface area (Å²) in [4.78, 5) is 24.8. The Morgan fingerprint density at radius 1 is 1.12 bits per heavy atom. The van der Waals surface area contributed by atoms with Gasteiger partial charge in [-0.1, -0.05) is 23.7 Å². The smallest absolute Gasteiger partial charge is 0.306 e. The maximum atomic E-state index is 11.9. The van der Waals surface area contributed by atoms with Crippen LogP contribution in [-0.2, 0) is 14.3 Å². The van der Waals surface area contributed by atoms with E-state index in [2.05, 4.69) is 5.32 Å². The van der Waals surface area contributed by atoms with E-state index >= 15 is 0 Å². The molecule has 1 amide bonds. The summed E-state index contributed by atoms with van der Waals surface area (Å²) in [5.74, 6) is 0.103. The average Bonchev–Trinajstić information content (AvgIpc) is 2.62. The Morgan fingerprint density at radius 2 is 1.85 bits per heavy atom. The molecule has 138 valence electrons. The number of thioether (sulfide) groups is 1. The lowest BCUT2D eigenvalue weighted by molar-refractivity contribution is -0.147. The van der Waals surface area contributed by atoms with Crippen molar-refractivity contribution in [1.29, 1.82) is 0 Å². The van der Waals surface area contributed by atoms with Crippen molar-refractivity contribution >= 4 is 40.9 Å². The molecule has 0 bridgehead atoms. The lowest BCUT2D eigenvalue weighted by Gasteiger charge is -2.10. The summed E-state index contributed by atoms with van der Waals surface area (Å²) in [5.41, 5.74) is 2.84. The standard InChI is InChI=1S/C20H22ClNO3S/c1-14-5-3-6-18(15(14)2)22-19(23)13-25-20(24)7-4-12-26-17-10-8-16(21)9-11-17/h3,5-6,8-11H,4,7,12-13H2,1-2H3,(H,22,23). The summed E-state index contributed by atoms with van der Waals surface area (Å²) in [5, 5.41) is 3.47. The van der Waals surface area contributed by atoms with Crippen molar-refractivity contribution in [2.75, 3.05) is 17.7 Å².